The van der Waals surface area contributed by atoms with Crippen molar-refractivity contribution in [3.63, 3.8) is 0 Å². The maximum Gasteiger partial charge on any atom is 0.226 e. The first-order valence-electron chi connectivity index (χ1n) is 8.70. The number of piperazine rings is 1. The van der Waals surface area contributed by atoms with Crippen molar-refractivity contribution in [1.29, 1.82) is 5.26 Å². The first-order valence-corrected chi connectivity index (χ1v) is 8.70. The predicted molar refractivity (Wildman–Crippen MR) is 88.3 cm³/mol. The third-order valence-corrected chi connectivity index (χ3v) is 5.77. The minimum absolute atomic E-state index is 0.206. The minimum atomic E-state index is 0.206. The average Bonchev–Trinajstić information content (AvgIpc) is 3.34. The molecule has 1 unspecified atom stereocenters. The predicted octanol–water partition coefficient (Wildman–Crippen LogP) is 1.42. The summed E-state index contributed by atoms with van der Waals surface area (Å²) in [5.74, 6) is 1.26. The number of hydrogen-bond acceptors (Lipinski definition) is 5. The average molecular weight is 326 g/mol. The molecule has 0 N–H and O–H groups in total. The number of nitriles is 1. The molecule has 6 heteroatoms. The van der Waals surface area contributed by atoms with E-state index in [-0.39, 0.29) is 11.3 Å². The highest BCUT2D eigenvalue weighted by Crippen LogP contribution is 2.59. The van der Waals surface area contributed by atoms with Gasteiger partial charge in [0.25, 0.3) is 0 Å². The Labute approximate surface area is 142 Å². The summed E-state index contributed by atoms with van der Waals surface area (Å²) >= 11 is 0. The van der Waals surface area contributed by atoms with Gasteiger partial charge in [-0.1, -0.05) is 0 Å². The fourth-order valence-electron chi connectivity index (χ4n) is 4.12. The number of anilines is 1. The third kappa shape index (κ3) is 2.63. The molecule has 0 bridgehead atoms. The van der Waals surface area contributed by atoms with Crippen LogP contribution in [-0.4, -0.2) is 55.2 Å². The van der Waals surface area contributed by atoms with Gasteiger partial charge in [-0.25, -0.2) is 4.98 Å². The van der Waals surface area contributed by atoms with E-state index in [1.807, 2.05) is 4.90 Å². The highest BCUT2D eigenvalue weighted by atomic mass is 16.5. The van der Waals surface area contributed by atoms with Gasteiger partial charge < -0.3 is 14.5 Å². The van der Waals surface area contributed by atoms with Crippen LogP contribution in [0.3, 0.4) is 0 Å². The van der Waals surface area contributed by atoms with Crippen molar-refractivity contribution in [1.82, 2.24) is 9.88 Å². The van der Waals surface area contributed by atoms with Gasteiger partial charge in [-0.05, 0) is 36.8 Å². The second kappa shape index (κ2) is 6.06. The normalized spacial score (nSPS) is 25.4. The van der Waals surface area contributed by atoms with Crippen LogP contribution in [0.4, 0.5) is 5.82 Å². The molecule has 2 saturated heterocycles. The van der Waals surface area contributed by atoms with Crippen molar-refractivity contribution in [2.45, 2.75) is 19.3 Å². The fraction of sp³-hybridized carbons (Fsp3) is 0.611. The van der Waals surface area contributed by atoms with Gasteiger partial charge in [-0.15, -0.1) is 0 Å². The van der Waals surface area contributed by atoms with E-state index >= 15 is 0 Å². The fourth-order valence-corrected chi connectivity index (χ4v) is 4.12. The van der Waals surface area contributed by atoms with E-state index in [0.29, 0.717) is 24.6 Å². The molecule has 3 aliphatic rings. The topological polar surface area (TPSA) is 69.5 Å². The molecule has 1 aliphatic carbocycles. The molecule has 126 valence electrons. The lowest BCUT2D eigenvalue weighted by atomic mass is 9.93. The third-order valence-electron chi connectivity index (χ3n) is 5.77. The Morgan fingerprint density at radius 1 is 1.29 bits per heavy atom. The molecule has 1 aromatic heterocycles. The molecule has 1 aromatic rings. The van der Waals surface area contributed by atoms with Crippen LogP contribution in [0.1, 0.15) is 24.8 Å². The first kappa shape index (κ1) is 15.4. The monoisotopic (exact) mass is 326 g/mol. The molecular formula is C18H22N4O2. The number of carbonyl (C=O) groups excluding carboxylic acids is 1. The molecule has 2 aliphatic heterocycles. The lowest BCUT2D eigenvalue weighted by molar-refractivity contribution is -0.134. The Hall–Kier alpha value is -2.13. The number of nitrogens with zero attached hydrogens (tertiary/aromatic N) is 4. The maximum atomic E-state index is 12.8. The largest absolute Gasteiger partial charge is 0.381 e. The second-order valence-electron chi connectivity index (χ2n) is 7.03. The van der Waals surface area contributed by atoms with Crippen LogP contribution in [0.5, 0.6) is 0 Å². The van der Waals surface area contributed by atoms with Crippen molar-refractivity contribution in [2.24, 2.45) is 11.3 Å². The number of pyridine rings is 1. The molecule has 0 radical (unpaired) electrons. The van der Waals surface area contributed by atoms with Gasteiger partial charge in [0.2, 0.25) is 5.91 Å². The molecule has 1 amide bonds. The van der Waals surface area contributed by atoms with E-state index in [9.17, 15) is 10.1 Å². The zero-order valence-electron chi connectivity index (χ0n) is 13.8. The molecule has 24 heavy (non-hydrogen) atoms. The summed E-state index contributed by atoms with van der Waals surface area (Å²) in [6, 6.07) is 5.77. The van der Waals surface area contributed by atoms with Gasteiger partial charge in [0.15, 0.2) is 0 Å². The standard InChI is InChI=1S/C18H22N4O2/c19-13-14-2-1-5-20-16(14)21-6-8-22(9-7-21)17(23)15-12-18(15)3-10-24-11-4-18/h1-2,5,15H,3-4,6-12H2. The number of rotatable bonds is 2. The molecule has 3 fully saturated rings. The zero-order valence-corrected chi connectivity index (χ0v) is 13.8. The van der Waals surface area contributed by atoms with Crippen molar-refractivity contribution >= 4 is 11.7 Å². The van der Waals surface area contributed by atoms with Crippen molar-refractivity contribution in [2.75, 3.05) is 44.3 Å². The molecular weight excluding hydrogens is 304 g/mol. The minimum Gasteiger partial charge on any atom is -0.381 e. The van der Waals surface area contributed by atoms with Crippen molar-refractivity contribution in [3.8, 4) is 6.07 Å². The van der Waals surface area contributed by atoms with E-state index in [2.05, 4.69) is 16.0 Å². The lowest BCUT2D eigenvalue weighted by Crippen LogP contribution is -2.50. The van der Waals surface area contributed by atoms with E-state index in [4.69, 9.17) is 4.74 Å². The number of carbonyl (C=O) groups is 1. The molecule has 1 atom stereocenters. The summed E-state index contributed by atoms with van der Waals surface area (Å²) in [7, 11) is 0. The Balaban J connectivity index is 1.37. The SMILES string of the molecule is N#Cc1cccnc1N1CCN(C(=O)C2CC23CCOCC3)CC1. The Bertz CT molecular complexity index is 670. The van der Waals surface area contributed by atoms with Gasteiger partial charge >= 0.3 is 0 Å². The summed E-state index contributed by atoms with van der Waals surface area (Å²) in [6.45, 7) is 4.50. The lowest BCUT2D eigenvalue weighted by Gasteiger charge is -2.36. The summed E-state index contributed by atoms with van der Waals surface area (Å²) in [6.07, 6.45) is 4.81. The molecule has 0 aromatic carbocycles. The first-order chi connectivity index (χ1) is 11.7. The number of hydrogen-bond donors (Lipinski definition) is 0. The van der Waals surface area contributed by atoms with Crippen molar-refractivity contribution < 1.29 is 9.53 Å². The number of aromatic nitrogens is 1. The Kier molecular flexibility index (Phi) is 3.89. The van der Waals surface area contributed by atoms with E-state index in [1.54, 1.807) is 18.3 Å². The molecule has 6 nitrogen and oxygen atoms in total. The van der Waals surface area contributed by atoms with Crippen LogP contribution >= 0.6 is 0 Å². The van der Waals surface area contributed by atoms with Crippen LogP contribution < -0.4 is 4.90 Å². The van der Waals surface area contributed by atoms with Gasteiger partial charge in [0, 0.05) is 51.5 Å². The number of amides is 1. The second-order valence-corrected chi connectivity index (χ2v) is 7.03. The smallest absolute Gasteiger partial charge is 0.226 e. The van der Waals surface area contributed by atoms with E-state index < -0.39 is 0 Å². The molecule has 1 spiro atoms. The van der Waals surface area contributed by atoms with E-state index in [1.165, 1.54) is 0 Å². The quantitative estimate of drug-likeness (QED) is 0.822. The maximum absolute atomic E-state index is 12.8. The van der Waals surface area contributed by atoms with Gasteiger partial charge in [-0.2, -0.15) is 5.26 Å². The van der Waals surface area contributed by atoms with Crippen LogP contribution in [0.15, 0.2) is 18.3 Å². The van der Waals surface area contributed by atoms with Crippen molar-refractivity contribution in [3.05, 3.63) is 23.9 Å². The zero-order chi connectivity index (χ0) is 16.6. The van der Waals surface area contributed by atoms with Gasteiger partial charge in [0.1, 0.15) is 11.9 Å². The molecule has 1 saturated carbocycles. The summed E-state index contributed by atoms with van der Waals surface area (Å²) in [5, 5.41) is 9.22. The highest BCUT2D eigenvalue weighted by Gasteiger charge is 2.58. The van der Waals surface area contributed by atoms with Gasteiger partial charge in [-0.3, -0.25) is 4.79 Å². The van der Waals surface area contributed by atoms with Gasteiger partial charge in [0.05, 0.1) is 5.56 Å². The van der Waals surface area contributed by atoms with Crippen LogP contribution in [0.2, 0.25) is 0 Å². The van der Waals surface area contributed by atoms with Crippen LogP contribution in [0, 0.1) is 22.7 Å². The summed E-state index contributed by atoms with van der Waals surface area (Å²) < 4.78 is 5.44. The highest BCUT2D eigenvalue weighted by molar-refractivity contribution is 5.83. The Morgan fingerprint density at radius 3 is 2.75 bits per heavy atom. The number of ether oxygens (including phenoxy) is 1. The molecule has 3 heterocycles. The van der Waals surface area contributed by atoms with Crippen LogP contribution in [-0.2, 0) is 9.53 Å². The summed E-state index contributed by atoms with van der Waals surface area (Å²) in [4.78, 5) is 21.3. The molecule has 4 rings (SSSR count). The van der Waals surface area contributed by atoms with Crippen LogP contribution in [0.25, 0.3) is 0 Å². The Morgan fingerprint density at radius 2 is 2.04 bits per heavy atom. The summed E-state index contributed by atoms with van der Waals surface area (Å²) in [5.41, 5.74) is 0.835. The van der Waals surface area contributed by atoms with E-state index in [0.717, 1.165) is 51.4 Å².